The second-order valence-corrected chi connectivity index (χ2v) is 6.08. The van der Waals surface area contributed by atoms with Gasteiger partial charge in [0.15, 0.2) is 0 Å². The molecule has 1 aromatic rings. The fourth-order valence-electron chi connectivity index (χ4n) is 1.88. The van der Waals surface area contributed by atoms with Crippen molar-refractivity contribution in [3.8, 4) is 0 Å². The van der Waals surface area contributed by atoms with Crippen molar-refractivity contribution in [3.05, 3.63) is 29.8 Å². The molecular weight excluding hydrogens is 262 g/mol. The normalized spacial score (nSPS) is 20.2. The average molecular weight is 276 g/mol. The van der Waals surface area contributed by atoms with Crippen molar-refractivity contribution in [1.82, 2.24) is 10.0 Å². The largest absolute Gasteiger partial charge is 0.316 e. The molecular formula is C11H14F2N2O2S. The molecule has 1 aliphatic rings. The molecule has 1 unspecified atom stereocenters. The van der Waals surface area contributed by atoms with E-state index < -0.39 is 21.7 Å². The Morgan fingerprint density at radius 1 is 1.28 bits per heavy atom. The van der Waals surface area contributed by atoms with Gasteiger partial charge in [0.1, 0.15) is 11.6 Å². The Bertz CT molecular complexity index is 508. The molecule has 7 heteroatoms. The van der Waals surface area contributed by atoms with E-state index in [1.54, 1.807) is 0 Å². The first-order valence-electron chi connectivity index (χ1n) is 5.64. The van der Waals surface area contributed by atoms with E-state index in [0.29, 0.717) is 6.07 Å². The summed E-state index contributed by atoms with van der Waals surface area (Å²) in [6.45, 7) is 1.88. The van der Waals surface area contributed by atoms with Gasteiger partial charge in [-0.15, -0.1) is 0 Å². The molecule has 2 rings (SSSR count). The maximum absolute atomic E-state index is 13.0. The van der Waals surface area contributed by atoms with Crippen LogP contribution in [0, 0.1) is 17.6 Å². The van der Waals surface area contributed by atoms with Gasteiger partial charge in [-0.2, -0.15) is 0 Å². The summed E-state index contributed by atoms with van der Waals surface area (Å²) in [5.41, 5.74) is 0. The molecule has 0 aromatic heterocycles. The van der Waals surface area contributed by atoms with Crippen LogP contribution in [0.2, 0.25) is 0 Å². The number of benzene rings is 1. The smallest absolute Gasteiger partial charge is 0.240 e. The second-order valence-electron chi connectivity index (χ2n) is 4.32. The summed E-state index contributed by atoms with van der Waals surface area (Å²) in [6.07, 6.45) is 0.889. The minimum absolute atomic E-state index is 0.221. The lowest BCUT2D eigenvalue weighted by Gasteiger charge is -2.10. The number of rotatable bonds is 4. The predicted octanol–water partition coefficient (Wildman–Crippen LogP) is 0.853. The van der Waals surface area contributed by atoms with Crippen LogP contribution in [0.3, 0.4) is 0 Å². The molecule has 1 fully saturated rings. The summed E-state index contributed by atoms with van der Waals surface area (Å²) in [6, 6.07) is 2.25. The highest BCUT2D eigenvalue weighted by Gasteiger charge is 2.20. The van der Waals surface area contributed by atoms with Crippen molar-refractivity contribution in [1.29, 1.82) is 0 Å². The van der Waals surface area contributed by atoms with Crippen LogP contribution in [0.5, 0.6) is 0 Å². The zero-order valence-electron chi connectivity index (χ0n) is 9.62. The lowest BCUT2D eigenvalue weighted by molar-refractivity contribution is 0.534. The zero-order valence-corrected chi connectivity index (χ0v) is 10.4. The van der Waals surface area contributed by atoms with Gasteiger partial charge in [-0.1, -0.05) is 0 Å². The number of halogens is 2. The first-order chi connectivity index (χ1) is 8.47. The minimum Gasteiger partial charge on any atom is -0.316 e. The number of nitrogens with one attached hydrogen (secondary N) is 2. The molecule has 0 aliphatic carbocycles. The van der Waals surface area contributed by atoms with E-state index in [9.17, 15) is 17.2 Å². The second kappa shape index (κ2) is 5.29. The summed E-state index contributed by atoms with van der Waals surface area (Å²) in [5, 5.41) is 3.11. The van der Waals surface area contributed by atoms with E-state index in [2.05, 4.69) is 10.0 Å². The molecule has 2 N–H and O–H groups in total. The molecule has 1 heterocycles. The van der Waals surface area contributed by atoms with Gasteiger partial charge in [0.05, 0.1) is 4.90 Å². The third-order valence-corrected chi connectivity index (χ3v) is 4.27. The van der Waals surface area contributed by atoms with Crippen molar-refractivity contribution in [3.63, 3.8) is 0 Å². The number of hydrogen-bond acceptors (Lipinski definition) is 3. The Morgan fingerprint density at radius 3 is 2.50 bits per heavy atom. The molecule has 100 valence electrons. The first kappa shape index (κ1) is 13.4. The maximum atomic E-state index is 13.0. The van der Waals surface area contributed by atoms with Crippen LogP contribution in [-0.4, -0.2) is 28.1 Å². The van der Waals surface area contributed by atoms with Crippen molar-refractivity contribution in [2.75, 3.05) is 19.6 Å². The summed E-state index contributed by atoms with van der Waals surface area (Å²) >= 11 is 0. The maximum Gasteiger partial charge on any atom is 0.240 e. The van der Waals surface area contributed by atoms with Crippen LogP contribution in [0.15, 0.2) is 23.1 Å². The lowest BCUT2D eigenvalue weighted by Crippen LogP contribution is -2.30. The Hall–Kier alpha value is -1.05. The van der Waals surface area contributed by atoms with E-state index in [0.717, 1.165) is 31.6 Å². The first-order valence-corrected chi connectivity index (χ1v) is 7.12. The highest BCUT2D eigenvalue weighted by Crippen LogP contribution is 2.14. The fourth-order valence-corrected chi connectivity index (χ4v) is 3.04. The third kappa shape index (κ3) is 3.24. The van der Waals surface area contributed by atoms with Crippen LogP contribution in [0.25, 0.3) is 0 Å². The van der Waals surface area contributed by atoms with Crippen LogP contribution in [0.4, 0.5) is 8.78 Å². The molecule has 1 atom stereocenters. The minimum atomic E-state index is -3.85. The van der Waals surface area contributed by atoms with Crippen LogP contribution >= 0.6 is 0 Å². The SMILES string of the molecule is O=S(=O)(NCC1CCNC1)c1cc(F)cc(F)c1. The van der Waals surface area contributed by atoms with E-state index >= 15 is 0 Å². The molecule has 1 aliphatic heterocycles. The van der Waals surface area contributed by atoms with Crippen molar-refractivity contribution in [2.24, 2.45) is 5.92 Å². The summed E-state index contributed by atoms with van der Waals surface area (Å²) in [7, 11) is -3.85. The quantitative estimate of drug-likeness (QED) is 0.857. The lowest BCUT2D eigenvalue weighted by atomic mass is 10.1. The standard InChI is InChI=1S/C11H14F2N2O2S/c12-9-3-10(13)5-11(4-9)18(16,17)15-7-8-1-2-14-6-8/h3-5,8,14-15H,1-2,6-7H2. The topological polar surface area (TPSA) is 58.2 Å². The van der Waals surface area contributed by atoms with Crippen LogP contribution < -0.4 is 10.0 Å². The fraction of sp³-hybridized carbons (Fsp3) is 0.455. The zero-order chi connectivity index (χ0) is 13.2. The highest BCUT2D eigenvalue weighted by atomic mass is 32.2. The summed E-state index contributed by atoms with van der Waals surface area (Å²) in [4.78, 5) is -0.383. The van der Waals surface area contributed by atoms with Gasteiger partial charge in [0.2, 0.25) is 10.0 Å². The van der Waals surface area contributed by atoms with E-state index in [4.69, 9.17) is 0 Å². The molecule has 4 nitrogen and oxygen atoms in total. The van der Waals surface area contributed by atoms with Crippen molar-refractivity contribution < 1.29 is 17.2 Å². The van der Waals surface area contributed by atoms with Crippen LogP contribution in [0.1, 0.15) is 6.42 Å². The molecule has 0 saturated carbocycles. The molecule has 0 spiro atoms. The average Bonchev–Trinajstić information content (AvgIpc) is 2.78. The Kier molecular flexibility index (Phi) is 3.94. The molecule has 0 bridgehead atoms. The Morgan fingerprint density at radius 2 is 1.94 bits per heavy atom. The van der Waals surface area contributed by atoms with Gasteiger partial charge in [-0.3, -0.25) is 0 Å². The van der Waals surface area contributed by atoms with E-state index in [1.807, 2.05) is 0 Å². The van der Waals surface area contributed by atoms with Gasteiger partial charge in [-0.25, -0.2) is 21.9 Å². The van der Waals surface area contributed by atoms with Gasteiger partial charge in [0, 0.05) is 12.6 Å². The molecule has 0 amide bonds. The van der Waals surface area contributed by atoms with E-state index in [1.165, 1.54) is 0 Å². The van der Waals surface area contributed by atoms with Crippen molar-refractivity contribution >= 4 is 10.0 Å². The number of hydrogen-bond donors (Lipinski definition) is 2. The molecule has 0 radical (unpaired) electrons. The van der Waals surface area contributed by atoms with Gasteiger partial charge >= 0.3 is 0 Å². The summed E-state index contributed by atoms with van der Waals surface area (Å²) in [5.74, 6) is -1.59. The predicted molar refractivity (Wildman–Crippen MR) is 62.5 cm³/mol. The molecule has 18 heavy (non-hydrogen) atoms. The monoisotopic (exact) mass is 276 g/mol. The Balaban J connectivity index is 2.09. The summed E-state index contributed by atoms with van der Waals surface area (Å²) < 4.78 is 51.9. The highest BCUT2D eigenvalue weighted by molar-refractivity contribution is 7.89. The Labute approximate surface area is 104 Å². The van der Waals surface area contributed by atoms with Gasteiger partial charge in [-0.05, 0) is 37.6 Å². The molecule has 1 aromatic carbocycles. The van der Waals surface area contributed by atoms with Crippen LogP contribution in [-0.2, 0) is 10.0 Å². The number of sulfonamides is 1. The van der Waals surface area contributed by atoms with Gasteiger partial charge < -0.3 is 5.32 Å². The van der Waals surface area contributed by atoms with Crippen molar-refractivity contribution in [2.45, 2.75) is 11.3 Å². The van der Waals surface area contributed by atoms with E-state index in [-0.39, 0.29) is 17.4 Å². The molecule has 1 saturated heterocycles. The third-order valence-electron chi connectivity index (χ3n) is 2.87. The van der Waals surface area contributed by atoms with Gasteiger partial charge in [0.25, 0.3) is 0 Å².